The van der Waals surface area contributed by atoms with Crippen LogP contribution < -0.4 is 5.32 Å². The van der Waals surface area contributed by atoms with Gasteiger partial charge in [-0.2, -0.15) is 0 Å². The summed E-state index contributed by atoms with van der Waals surface area (Å²) < 4.78 is 4.84. The molecule has 1 N–H and O–H groups in total. The van der Waals surface area contributed by atoms with Crippen molar-refractivity contribution in [2.24, 2.45) is 11.8 Å². The molecule has 1 saturated heterocycles. The Labute approximate surface area is 115 Å². The molecule has 0 saturated carbocycles. The minimum absolute atomic E-state index is 0.0150. The molecule has 2 amide bonds. The SMILES string of the molecule is COCC(=O)N1CCC(C(=O)NCCC(C)C)CC1. The van der Waals surface area contributed by atoms with Crippen LogP contribution in [0, 0.1) is 11.8 Å². The first-order chi connectivity index (χ1) is 9.04. The molecule has 0 bridgehead atoms. The summed E-state index contributed by atoms with van der Waals surface area (Å²) in [7, 11) is 1.52. The van der Waals surface area contributed by atoms with Crippen LogP contribution in [-0.4, -0.2) is 50.1 Å². The van der Waals surface area contributed by atoms with Crippen LogP contribution in [0.15, 0.2) is 0 Å². The summed E-state index contributed by atoms with van der Waals surface area (Å²) >= 11 is 0. The number of hydrogen-bond donors (Lipinski definition) is 1. The van der Waals surface area contributed by atoms with E-state index in [0.29, 0.717) is 19.0 Å². The van der Waals surface area contributed by atoms with Gasteiger partial charge in [0.05, 0.1) is 0 Å². The third kappa shape index (κ3) is 5.59. The molecular formula is C14H26N2O3. The Bertz CT molecular complexity index is 297. The van der Waals surface area contributed by atoms with Gasteiger partial charge in [0.2, 0.25) is 11.8 Å². The van der Waals surface area contributed by atoms with Crippen molar-refractivity contribution in [1.82, 2.24) is 10.2 Å². The van der Waals surface area contributed by atoms with Crippen molar-refractivity contribution < 1.29 is 14.3 Å². The first-order valence-corrected chi connectivity index (χ1v) is 7.09. The lowest BCUT2D eigenvalue weighted by Gasteiger charge is -2.31. The summed E-state index contributed by atoms with van der Waals surface area (Å²) in [5.74, 6) is 0.813. The van der Waals surface area contributed by atoms with E-state index in [-0.39, 0.29) is 24.3 Å². The average Bonchev–Trinajstić information content (AvgIpc) is 2.38. The third-order valence-corrected chi connectivity index (χ3v) is 3.51. The normalized spacial score (nSPS) is 16.7. The molecule has 0 unspecified atom stereocenters. The standard InChI is InChI=1S/C14H26N2O3/c1-11(2)4-7-15-14(18)12-5-8-16(9-6-12)13(17)10-19-3/h11-12H,4-10H2,1-3H3,(H,15,18). The molecule has 0 aromatic rings. The highest BCUT2D eigenvalue weighted by Crippen LogP contribution is 2.17. The molecule has 0 spiro atoms. The van der Waals surface area contributed by atoms with E-state index in [1.165, 1.54) is 7.11 Å². The number of likely N-dealkylation sites (tertiary alicyclic amines) is 1. The fourth-order valence-corrected chi connectivity index (χ4v) is 2.23. The lowest BCUT2D eigenvalue weighted by atomic mass is 9.95. The van der Waals surface area contributed by atoms with Gasteiger partial charge in [-0.15, -0.1) is 0 Å². The van der Waals surface area contributed by atoms with Gasteiger partial charge in [-0.05, 0) is 25.2 Å². The number of methoxy groups -OCH3 is 1. The molecule has 1 fully saturated rings. The van der Waals surface area contributed by atoms with E-state index in [2.05, 4.69) is 19.2 Å². The Morgan fingerprint density at radius 1 is 1.32 bits per heavy atom. The number of rotatable bonds is 6. The second-order valence-corrected chi connectivity index (χ2v) is 5.56. The number of nitrogens with zero attached hydrogens (tertiary/aromatic N) is 1. The molecule has 0 aromatic carbocycles. The summed E-state index contributed by atoms with van der Waals surface area (Å²) in [4.78, 5) is 25.3. The Hall–Kier alpha value is -1.10. The maximum absolute atomic E-state index is 11.9. The zero-order chi connectivity index (χ0) is 14.3. The molecule has 0 aliphatic carbocycles. The number of carbonyl (C=O) groups is 2. The van der Waals surface area contributed by atoms with Crippen molar-refractivity contribution in [2.45, 2.75) is 33.1 Å². The van der Waals surface area contributed by atoms with Gasteiger partial charge in [0, 0.05) is 32.7 Å². The van der Waals surface area contributed by atoms with Crippen molar-refractivity contribution in [3.8, 4) is 0 Å². The predicted octanol–water partition coefficient (Wildman–Crippen LogP) is 1.03. The summed E-state index contributed by atoms with van der Waals surface area (Å²) in [6.07, 6.45) is 2.52. The number of piperidine rings is 1. The van der Waals surface area contributed by atoms with E-state index in [1.54, 1.807) is 4.90 Å². The van der Waals surface area contributed by atoms with Gasteiger partial charge in [-0.1, -0.05) is 13.8 Å². The monoisotopic (exact) mass is 270 g/mol. The van der Waals surface area contributed by atoms with Crippen LogP contribution in [0.4, 0.5) is 0 Å². The minimum Gasteiger partial charge on any atom is -0.375 e. The van der Waals surface area contributed by atoms with Crippen LogP contribution in [0.5, 0.6) is 0 Å². The second-order valence-electron chi connectivity index (χ2n) is 5.56. The fraction of sp³-hybridized carbons (Fsp3) is 0.857. The van der Waals surface area contributed by atoms with E-state index >= 15 is 0 Å². The lowest BCUT2D eigenvalue weighted by molar-refractivity contribution is -0.138. The van der Waals surface area contributed by atoms with Crippen LogP contribution in [0.25, 0.3) is 0 Å². The largest absolute Gasteiger partial charge is 0.375 e. The summed E-state index contributed by atoms with van der Waals surface area (Å²) in [6.45, 7) is 6.48. The number of ether oxygens (including phenoxy) is 1. The Morgan fingerprint density at radius 3 is 2.47 bits per heavy atom. The van der Waals surface area contributed by atoms with Crippen LogP contribution in [-0.2, 0) is 14.3 Å². The zero-order valence-corrected chi connectivity index (χ0v) is 12.3. The van der Waals surface area contributed by atoms with Crippen LogP contribution >= 0.6 is 0 Å². The number of nitrogens with one attached hydrogen (secondary N) is 1. The maximum atomic E-state index is 11.9. The highest BCUT2D eigenvalue weighted by molar-refractivity contribution is 5.80. The molecule has 1 aliphatic heterocycles. The van der Waals surface area contributed by atoms with Crippen molar-refractivity contribution in [2.75, 3.05) is 33.4 Å². The molecule has 5 heteroatoms. The first kappa shape index (κ1) is 16.0. The molecule has 5 nitrogen and oxygen atoms in total. The second kappa shape index (κ2) is 8.15. The highest BCUT2D eigenvalue weighted by Gasteiger charge is 2.26. The molecule has 0 aromatic heterocycles. The van der Waals surface area contributed by atoms with Gasteiger partial charge in [0.25, 0.3) is 0 Å². The fourth-order valence-electron chi connectivity index (χ4n) is 2.23. The number of amides is 2. The Morgan fingerprint density at radius 2 is 1.95 bits per heavy atom. The van der Waals surface area contributed by atoms with Crippen LogP contribution in [0.1, 0.15) is 33.1 Å². The van der Waals surface area contributed by atoms with E-state index in [9.17, 15) is 9.59 Å². The smallest absolute Gasteiger partial charge is 0.248 e. The third-order valence-electron chi connectivity index (χ3n) is 3.51. The van der Waals surface area contributed by atoms with Crippen LogP contribution in [0.2, 0.25) is 0 Å². The Kier molecular flexibility index (Phi) is 6.84. The van der Waals surface area contributed by atoms with Crippen LogP contribution in [0.3, 0.4) is 0 Å². The van der Waals surface area contributed by atoms with Gasteiger partial charge in [-0.25, -0.2) is 0 Å². The number of hydrogen-bond acceptors (Lipinski definition) is 3. The molecular weight excluding hydrogens is 244 g/mol. The molecule has 0 radical (unpaired) electrons. The molecule has 110 valence electrons. The highest BCUT2D eigenvalue weighted by atomic mass is 16.5. The van der Waals surface area contributed by atoms with Crippen molar-refractivity contribution >= 4 is 11.8 Å². The van der Waals surface area contributed by atoms with Crippen molar-refractivity contribution in [1.29, 1.82) is 0 Å². The molecule has 1 heterocycles. The predicted molar refractivity (Wildman–Crippen MR) is 73.6 cm³/mol. The summed E-state index contributed by atoms with van der Waals surface area (Å²) in [5, 5.41) is 2.99. The quantitative estimate of drug-likeness (QED) is 0.784. The maximum Gasteiger partial charge on any atom is 0.248 e. The number of carbonyl (C=O) groups excluding carboxylic acids is 2. The molecule has 1 aliphatic rings. The van der Waals surface area contributed by atoms with E-state index in [4.69, 9.17) is 4.74 Å². The minimum atomic E-state index is 0.0150. The van der Waals surface area contributed by atoms with E-state index < -0.39 is 0 Å². The van der Waals surface area contributed by atoms with Crippen molar-refractivity contribution in [3.05, 3.63) is 0 Å². The van der Waals surface area contributed by atoms with Gasteiger partial charge in [-0.3, -0.25) is 9.59 Å². The average molecular weight is 270 g/mol. The molecule has 1 rings (SSSR count). The topological polar surface area (TPSA) is 58.6 Å². The van der Waals surface area contributed by atoms with Gasteiger partial charge in [0.1, 0.15) is 6.61 Å². The summed E-state index contributed by atoms with van der Waals surface area (Å²) in [6, 6.07) is 0. The van der Waals surface area contributed by atoms with Gasteiger partial charge >= 0.3 is 0 Å². The lowest BCUT2D eigenvalue weighted by Crippen LogP contribution is -2.44. The van der Waals surface area contributed by atoms with E-state index in [1.807, 2.05) is 0 Å². The molecule has 19 heavy (non-hydrogen) atoms. The van der Waals surface area contributed by atoms with Gasteiger partial charge in [0.15, 0.2) is 0 Å². The first-order valence-electron chi connectivity index (χ1n) is 7.09. The van der Waals surface area contributed by atoms with Gasteiger partial charge < -0.3 is 15.0 Å². The zero-order valence-electron chi connectivity index (χ0n) is 12.3. The van der Waals surface area contributed by atoms with E-state index in [0.717, 1.165) is 25.8 Å². The summed E-state index contributed by atoms with van der Waals surface area (Å²) in [5.41, 5.74) is 0. The Balaban J connectivity index is 2.25. The van der Waals surface area contributed by atoms with Crippen molar-refractivity contribution in [3.63, 3.8) is 0 Å². The molecule has 0 atom stereocenters.